The van der Waals surface area contributed by atoms with E-state index in [0.717, 1.165) is 83.2 Å². The average molecular weight is 932 g/mol. The first-order valence-corrected chi connectivity index (χ1v) is 25.4. The standard InChI is InChI=1S/C70H45NO2/c1-69(2)56-26-12-6-21-47(56)51-36-33-44(39-60(51)69)71(62-30-16-10-20-46(62)42-18-4-3-5-19-42)45-34-37-53-55-41-65-67(54-25-11-17-31-63(54)72-65)66(68(55)73-64(53)40-45)43-32-35-52-50-24-9-15-29-59(50)70(61(52)38-43)57-27-13-7-22-48(57)49-23-8-14-28-58(49)70/h3-41H,1-2H3. The molecule has 2 heterocycles. The van der Waals surface area contributed by atoms with Gasteiger partial charge in [-0.3, -0.25) is 0 Å². The second-order valence-corrected chi connectivity index (χ2v) is 20.6. The molecule has 342 valence electrons. The molecule has 2 aromatic heterocycles. The van der Waals surface area contributed by atoms with Gasteiger partial charge < -0.3 is 13.7 Å². The van der Waals surface area contributed by atoms with Gasteiger partial charge in [0.15, 0.2) is 0 Å². The summed E-state index contributed by atoms with van der Waals surface area (Å²) in [4.78, 5) is 2.42. The van der Waals surface area contributed by atoms with Gasteiger partial charge in [-0.15, -0.1) is 0 Å². The zero-order valence-electron chi connectivity index (χ0n) is 40.3. The van der Waals surface area contributed by atoms with Crippen molar-refractivity contribution in [1.29, 1.82) is 0 Å². The Morgan fingerprint density at radius 2 is 0.877 bits per heavy atom. The Kier molecular flexibility index (Phi) is 8.16. The van der Waals surface area contributed by atoms with Crippen LogP contribution in [0.25, 0.3) is 99.5 Å². The summed E-state index contributed by atoms with van der Waals surface area (Å²) < 4.78 is 14.3. The molecule has 0 saturated carbocycles. The smallest absolute Gasteiger partial charge is 0.144 e. The van der Waals surface area contributed by atoms with Gasteiger partial charge in [0.05, 0.1) is 11.1 Å². The topological polar surface area (TPSA) is 29.5 Å². The molecule has 3 aliphatic carbocycles. The van der Waals surface area contributed by atoms with Gasteiger partial charge in [0.2, 0.25) is 0 Å². The highest BCUT2D eigenvalue weighted by Crippen LogP contribution is 2.63. The van der Waals surface area contributed by atoms with Gasteiger partial charge >= 0.3 is 0 Å². The van der Waals surface area contributed by atoms with Gasteiger partial charge in [0.1, 0.15) is 22.3 Å². The van der Waals surface area contributed by atoms with E-state index in [1.807, 2.05) is 0 Å². The van der Waals surface area contributed by atoms with Gasteiger partial charge in [-0.1, -0.05) is 196 Å². The molecule has 0 N–H and O–H groups in total. The largest absolute Gasteiger partial charge is 0.456 e. The minimum atomic E-state index is -0.488. The third-order valence-electron chi connectivity index (χ3n) is 16.7. The lowest BCUT2D eigenvalue weighted by Crippen LogP contribution is -2.25. The maximum atomic E-state index is 7.43. The predicted octanol–water partition coefficient (Wildman–Crippen LogP) is 18.9. The van der Waals surface area contributed by atoms with Crippen molar-refractivity contribution in [3.05, 3.63) is 270 Å². The summed E-state index contributed by atoms with van der Waals surface area (Å²) in [5.41, 5.74) is 26.0. The number of para-hydroxylation sites is 2. The van der Waals surface area contributed by atoms with Crippen LogP contribution in [0, 0.1) is 0 Å². The van der Waals surface area contributed by atoms with Gasteiger partial charge in [-0.2, -0.15) is 0 Å². The molecule has 0 aliphatic heterocycles. The van der Waals surface area contributed by atoms with Crippen molar-refractivity contribution in [3.63, 3.8) is 0 Å². The number of nitrogens with zero attached hydrogens (tertiary/aromatic N) is 1. The maximum absolute atomic E-state index is 7.43. The van der Waals surface area contributed by atoms with Crippen LogP contribution in [0.3, 0.4) is 0 Å². The molecule has 3 nitrogen and oxygen atoms in total. The fourth-order valence-corrected chi connectivity index (χ4v) is 13.6. The van der Waals surface area contributed by atoms with E-state index in [2.05, 4.69) is 255 Å². The Hall–Kier alpha value is -9.18. The maximum Gasteiger partial charge on any atom is 0.144 e. The van der Waals surface area contributed by atoms with Crippen molar-refractivity contribution in [2.45, 2.75) is 24.7 Å². The van der Waals surface area contributed by atoms with E-state index in [1.54, 1.807) is 0 Å². The zero-order valence-corrected chi connectivity index (χ0v) is 40.3. The van der Waals surface area contributed by atoms with Crippen molar-refractivity contribution in [1.82, 2.24) is 0 Å². The van der Waals surface area contributed by atoms with Crippen LogP contribution in [0.4, 0.5) is 17.1 Å². The Morgan fingerprint density at radius 3 is 1.60 bits per heavy atom. The summed E-state index contributed by atoms with van der Waals surface area (Å²) in [6, 6.07) is 87.0. The number of hydrogen-bond donors (Lipinski definition) is 0. The molecule has 0 radical (unpaired) electrons. The van der Waals surface area contributed by atoms with E-state index < -0.39 is 5.41 Å². The summed E-state index contributed by atoms with van der Waals surface area (Å²) >= 11 is 0. The van der Waals surface area contributed by atoms with Gasteiger partial charge in [0, 0.05) is 55.5 Å². The lowest BCUT2D eigenvalue weighted by atomic mass is 9.70. The van der Waals surface area contributed by atoms with Gasteiger partial charge in [0.25, 0.3) is 0 Å². The van der Waals surface area contributed by atoms with Crippen molar-refractivity contribution in [2.24, 2.45) is 0 Å². The predicted molar refractivity (Wildman–Crippen MR) is 300 cm³/mol. The lowest BCUT2D eigenvalue weighted by Gasteiger charge is -2.30. The van der Waals surface area contributed by atoms with Gasteiger partial charge in [-0.25, -0.2) is 0 Å². The Bertz CT molecular complexity index is 4430. The van der Waals surface area contributed by atoms with Crippen LogP contribution in [-0.4, -0.2) is 0 Å². The van der Waals surface area contributed by atoms with E-state index in [0.29, 0.717) is 0 Å². The van der Waals surface area contributed by atoms with E-state index in [1.165, 1.54) is 66.8 Å². The average Bonchev–Trinajstić information content (AvgIpc) is 4.24. The molecule has 0 unspecified atom stereocenters. The molecule has 0 saturated heterocycles. The molecule has 11 aromatic carbocycles. The number of benzene rings is 11. The molecule has 0 amide bonds. The molecular weight excluding hydrogens is 887 g/mol. The van der Waals surface area contributed by atoms with Crippen LogP contribution in [0.1, 0.15) is 47.2 Å². The summed E-state index contributed by atoms with van der Waals surface area (Å²) in [7, 11) is 0. The summed E-state index contributed by atoms with van der Waals surface area (Å²) in [5, 5.41) is 4.18. The molecule has 3 aliphatic rings. The minimum Gasteiger partial charge on any atom is -0.456 e. The third kappa shape index (κ3) is 5.38. The molecule has 13 aromatic rings. The second kappa shape index (κ2) is 14.7. The number of hydrogen-bond acceptors (Lipinski definition) is 3. The number of anilines is 3. The molecule has 16 rings (SSSR count). The van der Waals surface area contributed by atoms with Crippen molar-refractivity contribution >= 4 is 60.9 Å². The lowest BCUT2D eigenvalue weighted by molar-refractivity contribution is 0.660. The molecule has 0 bridgehead atoms. The van der Waals surface area contributed by atoms with Gasteiger partial charge in [-0.05, 0) is 126 Å². The van der Waals surface area contributed by atoms with Crippen molar-refractivity contribution in [3.8, 4) is 55.6 Å². The normalized spacial score (nSPS) is 14.1. The SMILES string of the molecule is CC1(C)c2ccccc2-c2ccc(N(c3ccc4c(c3)oc3c(-c5ccc6c(c5)C5(c7ccccc7-c7ccccc75)c5ccccc5-6)c5c(cc34)oc3ccccc35)c3ccccc3-c3ccccc3)cc21. The van der Waals surface area contributed by atoms with Crippen LogP contribution in [0.15, 0.2) is 245 Å². The van der Waals surface area contributed by atoms with Crippen molar-refractivity contribution < 1.29 is 8.83 Å². The Labute approximate surface area is 422 Å². The Morgan fingerprint density at radius 1 is 0.329 bits per heavy atom. The molecule has 0 fully saturated rings. The van der Waals surface area contributed by atoms with E-state index >= 15 is 0 Å². The molecule has 73 heavy (non-hydrogen) atoms. The van der Waals surface area contributed by atoms with Crippen LogP contribution < -0.4 is 4.90 Å². The number of furan rings is 2. The molecular formula is C70H45NO2. The number of fused-ring (bicyclic) bond motifs is 19. The van der Waals surface area contributed by atoms with Crippen LogP contribution in [-0.2, 0) is 10.8 Å². The highest BCUT2D eigenvalue weighted by atomic mass is 16.3. The van der Waals surface area contributed by atoms with Crippen LogP contribution in [0.2, 0.25) is 0 Å². The monoisotopic (exact) mass is 931 g/mol. The summed E-state index contributed by atoms with van der Waals surface area (Å²) in [6.07, 6.45) is 0. The molecule has 1 spiro atoms. The van der Waals surface area contributed by atoms with Crippen LogP contribution >= 0.6 is 0 Å². The van der Waals surface area contributed by atoms with E-state index in [-0.39, 0.29) is 5.41 Å². The second-order valence-electron chi connectivity index (χ2n) is 20.6. The number of rotatable bonds is 5. The fraction of sp³-hybridized carbons (Fsp3) is 0.0571. The molecule has 0 atom stereocenters. The van der Waals surface area contributed by atoms with E-state index in [4.69, 9.17) is 8.83 Å². The quantitative estimate of drug-likeness (QED) is 0.172. The first kappa shape index (κ1) is 40.5. The summed E-state index contributed by atoms with van der Waals surface area (Å²) in [5.74, 6) is 0. The first-order chi connectivity index (χ1) is 36.0. The minimum absolute atomic E-state index is 0.169. The fourth-order valence-electron chi connectivity index (χ4n) is 13.6. The zero-order chi connectivity index (χ0) is 48.2. The van der Waals surface area contributed by atoms with Crippen molar-refractivity contribution in [2.75, 3.05) is 4.90 Å². The first-order valence-electron chi connectivity index (χ1n) is 25.4. The Balaban J connectivity index is 0.945. The third-order valence-corrected chi connectivity index (χ3v) is 16.7. The highest BCUT2D eigenvalue weighted by molar-refractivity contribution is 6.24. The van der Waals surface area contributed by atoms with Crippen LogP contribution in [0.5, 0.6) is 0 Å². The highest BCUT2D eigenvalue weighted by Gasteiger charge is 2.51. The summed E-state index contributed by atoms with van der Waals surface area (Å²) in [6.45, 7) is 4.71. The molecule has 3 heteroatoms. The van der Waals surface area contributed by atoms with E-state index in [9.17, 15) is 0 Å².